The summed E-state index contributed by atoms with van der Waals surface area (Å²) < 4.78 is 16.4. The Morgan fingerprint density at radius 3 is 2.41 bits per heavy atom. The van der Waals surface area contributed by atoms with Crippen LogP contribution in [0.1, 0.15) is 62.0 Å². The minimum absolute atomic E-state index is 0.174. The Labute approximate surface area is 171 Å². The number of esters is 1. The van der Waals surface area contributed by atoms with E-state index in [1.807, 2.05) is 24.3 Å². The van der Waals surface area contributed by atoms with Crippen LogP contribution in [0.2, 0.25) is 0 Å². The number of Topliss-reactive ketones (excluding diaryl/α,β-unsaturated/α-hetero) is 1. The molecule has 0 unspecified atom stereocenters. The normalized spacial score (nSPS) is 14.7. The van der Waals surface area contributed by atoms with Crippen molar-refractivity contribution in [1.82, 2.24) is 0 Å². The number of carbonyl (C=O) groups excluding carboxylic acids is 2. The molecule has 0 aliphatic carbocycles. The van der Waals surface area contributed by atoms with E-state index < -0.39 is 11.6 Å². The van der Waals surface area contributed by atoms with Crippen molar-refractivity contribution in [1.29, 1.82) is 0 Å². The van der Waals surface area contributed by atoms with Crippen LogP contribution in [0.4, 0.5) is 0 Å². The van der Waals surface area contributed by atoms with Gasteiger partial charge in [-0.15, -0.1) is 0 Å². The molecule has 1 aliphatic heterocycles. The fraction of sp³-hybridized carbons (Fsp3) is 0.333. The Kier molecular flexibility index (Phi) is 5.78. The molecule has 0 saturated carbocycles. The van der Waals surface area contributed by atoms with Crippen molar-refractivity contribution in [3.8, 4) is 11.5 Å². The first-order valence-electron chi connectivity index (χ1n) is 9.65. The zero-order valence-electron chi connectivity index (χ0n) is 17.4. The van der Waals surface area contributed by atoms with Crippen molar-refractivity contribution in [2.45, 2.75) is 46.1 Å². The molecule has 2 aromatic rings. The summed E-state index contributed by atoms with van der Waals surface area (Å²) in [5, 5.41) is 0. The van der Waals surface area contributed by atoms with Crippen molar-refractivity contribution in [3.63, 3.8) is 0 Å². The number of ether oxygens (including phenoxy) is 3. The molecule has 1 heterocycles. The molecule has 0 N–H and O–H groups in total. The predicted octanol–water partition coefficient (Wildman–Crippen LogP) is 5.15. The molecule has 0 spiro atoms. The molecule has 0 atom stereocenters. The molecule has 0 aromatic heterocycles. The van der Waals surface area contributed by atoms with Gasteiger partial charge in [0.25, 0.3) is 0 Å². The van der Waals surface area contributed by atoms with Crippen molar-refractivity contribution >= 4 is 17.8 Å². The third-order valence-electron chi connectivity index (χ3n) is 4.32. The first kappa shape index (κ1) is 20.6. The minimum atomic E-state index is -0.568. The molecule has 0 fully saturated rings. The molecule has 3 rings (SSSR count). The summed E-state index contributed by atoms with van der Waals surface area (Å²) in [6.07, 6.45) is 1.73. The van der Waals surface area contributed by atoms with Gasteiger partial charge in [0.2, 0.25) is 5.78 Å². The fourth-order valence-corrected chi connectivity index (χ4v) is 2.90. The second kappa shape index (κ2) is 8.11. The molecular weight excluding hydrogens is 368 g/mol. The van der Waals surface area contributed by atoms with E-state index in [0.717, 1.165) is 5.56 Å². The van der Waals surface area contributed by atoms with Gasteiger partial charge in [-0.25, -0.2) is 4.79 Å². The highest BCUT2D eigenvalue weighted by Crippen LogP contribution is 2.35. The Morgan fingerprint density at radius 1 is 1.10 bits per heavy atom. The first-order valence-corrected chi connectivity index (χ1v) is 9.65. The quantitative estimate of drug-likeness (QED) is 0.519. The minimum Gasteiger partial charge on any atom is -0.482 e. The SMILES string of the molecule is CC(C)c1ccc(C=C2Oc3cc(OCC(=O)OC(C)(C)C)ccc3C2=O)cc1. The molecule has 5 nitrogen and oxygen atoms in total. The molecule has 29 heavy (non-hydrogen) atoms. The van der Waals surface area contributed by atoms with E-state index in [-0.39, 0.29) is 18.1 Å². The van der Waals surface area contributed by atoms with Crippen LogP contribution < -0.4 is 9.47 Å². The zero-order valence-corrected chi connectivity index (χ0v) is 17.4. The molecule has 0 radical (unpaired) electrons. The number of fused-ring (bicyclic) bond motifs is 1. The van der Waals surface area contributed by atoms with E-state index in [9.17, 15) is 9.59 Å². The standard InChI is InChI=1S/C24H26O5/c1-15(2)17-8-6-16(7-9-17)12-21-23(26)19-11-10-18(13-20(19)28-21)27-14-22(25)29-24(3,4)5/h6-13,15H,14H2,1-5H3. The van der Waals surface area contributed by atoms with Crippen LogP contribution in [-0.4, -0.2) is 24.0 Å². The van der Waals surface area contributed by atoms with Gasteiger partial charge < -0.3 is 14.2 Å². The maximum atomic E-state index is 12.6. The van der Waals surface area contributed by atoms with Crippen molar-refractivity contribution in [3.05, 3.63) is 64.9 Å². The molecule has 152 valence electrons. The second-order valence-electron chi connectivity index (χ2n) is 8.29. The van der Waals surface area contributed by atoms with Crippen molar-refractivity contribution in [2.24, 2.45) is 0 Å². The van der Waals surface area contributed by atoms with Crippen molar-refractivity contribution < 1.29 is 23.8 Å². The van der Waals surface area contributed by atoms with Crippen LogP contribution in [-0.2, 0) is 9.53 Å². The van der Waals surface area contributed by atoms with Crippen LogP contribution in [0.5, 0.6) is 11.5 Å². The van der Waals surface area contributed by atoms with Gasteiger partial charge in [-0.05, 0) is 56.0 Å². The topological polar surface area (TPSA) is 61.8 Å². The number of hydrogen-bond donors (Lipinski definition) is 0. The third kappa shape index (κ3) is 5.25. The van der Waals surface area contributed by atoms with Gasteiger partial charge in [-0.2, -0.15) is 0 Å². The lowest BCUT2D eigenvalue weighted by molar-refractivity contribution is -0.157. The number of allylic oxidation sites excluding steroid dienone is 1. The lowest BCUT2D eigenvalue weighted by Gasteiger charge is -2.19. The van der Waals surface area contributed by atoms with Crippen LogP contribution in [0, 0.1) is 0 Å². The van der Waals surface area contributed by atoms with Gasteiger partial charge in [0.1, 0.15) is 17.1 Å². The Hall–Kier alpha value is -3.08. The van der Waals surface area contributed by atoms with Crippen molar-refractivity contribution in [2.75, 3.05) is 6.61 Å². The van der Waals surface area contributed by atoms with Crippen LogP contribution in [0.3, 0.4) is 0 Å². The molecule has 2 aromatic carbocycles. The number of hydrogen-bond acceptors (Lipinski definition) is 5. The average Bonchev–Trinajstić information content (AvgIpc) is 2.94. The van der Waals surface area contributed by atoms with Crippen LogP contribution >= 0.6 is 0 Å². The van der Waals surface area contributed by atoms with E-state index in [2.05, 4.69) is 13.8 Å². The number of ketones is 1. The molecule has 0 saturated heterocycles. The molecule has 1 aliphatic rings. The number of rotatable bonds is 5. The Morgan fingerprint density at radius 2 is 1.79 bits per heavy atom. The summed E-state index contributed by atoms with van der Waals surface area (Å²) in [5.41, 5.74) is 2.04. The van der Waals surface area contributed by atoms with E-state index in [1.165, 1.54) is 5.56 Å². The highest BCUT2D eigenvalue weighted by molar-refractivity contribution is 6.14. The Balaban J connectivity index is 1.69. The first-order chi connectivity index (χ1) is 13.6. The molecule has 5 heteroatoms. The largest absolute Gasteiger partial charge is 0.482 e. The van der Waals surface area contributed by atoms with Gasteiger partial charge in [-0.1, -0.05) is 38.1 Å². The summed E-state index contributed by atoms with van der Waals surface area (Å²) in [7, 11) is 0. The number of benzene rings is 2. The zero-order chi connectivity index (χ0) is 21.2. The number of carbonyl (C=O) groups is 2. The van der Waals surface area contributed by atoms with E-state index in [1.54, 1.807) is 45.0 Å². The fourth-order valence-electron chi connectivity index (χ4n) is 2.90. The lowest BCUT2D eigenvalue weighted by Crippen LogP contribution is -2.27. The summed E-state index contributed by atoms with van der Waals surface area (Å²) in [6.45, 7) is 9.44. The van der Waals surface area contributed by atoms with Crippen LogP contribution in [0.25, 0.3) is 6.08 Å². The molecular formula is C24H26O5. The maximum Gasteiger partial charge on any atom is 0.344 e. The lowest BCUT2D eigenvalue weighted by atomic mass is 10.0. The average molecular weight is 394 g/mol. The monoisotopic (exact) mass is 394 g/mol. The smallest absolute Gasteiger partial charge is 0.344 e. The highest BCUT2D eigenvalue weighted by atomic mass is 16.6. The van der Waals surface area contributed by atoms with E-state index >= 15 is 0 Å². The van der Waals surface area contributed by atoms with Gasteiger partial charge in [0.15, 0.2) is 12.4 Å². The Bertz CT molecular complexity index is 946. The van der Waals surface area contributed by atoms with E-state index in [4.69, 9.17) is 14.2 Å². The third-order valence-corrected chi connectivity index (χ3v) is 4.32. The predicted molar refractivity (Wildman–Crippen MR) is 111 cm³/mol. The molecule has 0 bridgehead atoms. The summed E-state index contributed by atoms with van der Waals surface area (Å²) >= 11 is 0. The second-order valence-corrected chi connectivity index (χ2v) is 8.29. The summed E-state index contributed by atoms with van der Waals surface area (Å²) in [6, 6.07) is 12.9. The van der Waals surface area contributed by atoms with E-state index in [0.29, 0.717) is 23.0 Å². The van der Waals surface area contributed by atoms with Gasteiger partial charge in [0.05, 0.1) is 5.56 Å². The van der Waals surface area contributed by atoms with Gasteiger partial charge in [-0.3, -0.25) is 4.79 Å². The van der Waals surface area contributed by atoms with Gasteiger partial charge in [0, 0.05) is 6.07 Å². The van der Waals surface area contributed by atoms with Gasteiger partial charge >= 0.3 is 5.97 Å². The summed E-state index contributed by atoms with van der Waals surface area (Å²) in [5.74, 6) is 0.935. The summed E-state index contributed by atoms with van der Waals surface area (Å²) in [4.78, 5) is 24.4. The van der Waals surface area contributed by atoms with Crippen LogP contribution in [0.15, 0.2) is 48.2 Å². The maximum absolute atomic E-state index is 12.6. The molecule has 0 amide bonds. The highest BCUT2D eigenvalue weighted by Gasteiger charge is 2.28.